The number of rotatable bonds is 10. The minimum atomic E-state index is -4.06. The van der Waals surface area contributed by atoms with Gasteiger partial charge in [-0.25, -0.2) is 4.57 Å². The highest BCUT2D eigenvalue weighted by atomic mass is 31.2. The summed E-state index contributed by atoms with van der Waals surface area (Å²) in [6.07, 6.45) is -0.196. The first-order valence-electron chi connectivity index (χ1n) is 8.82. The average molecular weight is 404 g/mol. The lowest BCUT2D eigenvalue weighted by atomic mass is 10.1. The molecule has 0 heterocycles. The maximum Gasteiger partial charge on any atom is 0.472 e. The maximum absolute atomic E-state index is 11.5. The fraction of sp³-hybridized carbons (Fsp3) is 0.333. The highest BCUT2D eigenvalue weighted by molar-refractivity contribution is 7.47. The standard InChI is InChI=1S/C21H25O6P/c1-24-17-21(27-28(22,23)25-2)13-14-26-16-20-10-6-9-19(15-20)12-11-18-7-4-3-5-8-18/h3-10,15,21H,13-14,16-17H2,1-2H3,(H,22,23)/t21-/m0/s1. The summed E-state index contributed by atoms with van der Waals surface area (Å²) in [7, 11) is -1.44. The van der Waals surface area contributed by atoms with Crippen molar-refractivity contribution in [2.45, 2.75) is 19.1 Å². The summed E-state index contributed by atoms with van der Waals surface area (Å²) in [6, 6.07) is 17.6. The number of phosphoric acid groups is 1. The fourth-order valence-electron chi connectivity index (χ4n) is 2.39. The van der Waals surface area contributed by atoms with Crippen LogP contribution in [0.5, 0.6) is 0 Å². The lowest BCUT2D eigenvalue weighted by Crippen LogP contribution is -2.20. The summed E-state index contributed by atoms with van der Waals surface area (Å²) in [5.74, 6) is 6.27. The van der Waals surface area contributed by atoms with Crippen molar-refractivity contribution >= 4 is 7.82 Å². The summed E-state index contributed by atoms with van der Waals surface area (Å²) >= 11 is 0. The molecule has 28 heavy (non-hydrogen) atoms. The van der Waals surface area contributed by atoms with Gasteiger partial charge in [0.1, 0.15) is 0 Å². The molecular formula is C21H25O6P. The third kappa shape index (κ3) is 8.37. The van der Waals surface area contributed by atoms with Gasteiger partial charge in [-0.2, -0.15) is 0 Å². The van der Waals surface area contributed by atoms with E-state index in [2.05, 4.69) is 16.4 Å². The highest BCUT2D eigenvalue weighted by Crippen LogP contribution is 2.43. The second-order valence-corrected chi connectivity index (χ2v) is 7.50. The molecule has 0 aromatic heterocycles. The van der Waals surface area contributed by atoms with Gasteiger partial charge < -0.3 is 14.4 Å². The summed E-state index contributed by atoms with van der Waals surface area (Å²) < 4.78 is 31.7. The van der Waals surface area contributed by atoms with Gasteiger partial charge in [-0.1, -0.05) is 42.2 Å². The van der Waals surface area contributed by atoms with Gasteiger partial charge in [0.25, 0.3) is 0 Å². The van der Waals surface area contributed by atoms with E-state index in [9.17, 15) is 9.46 Å². The van der Waals surface area contributed by atoms with Crippen LogP contribution in [0.1, 0.15) is 23.1 Å². The van der Waals surface area contributed by atoms with Gasteiger partial charge in [0.15, 0.2) is 0 Å². The number of hydrogen-bond acceptors (Lipinski definition) is 5. The van der Waals surface area contributed by atoms with E-state index in [-0.39, 0.29) is 6.61 Å². The van der Waals surface area contributed by atoms with Crippen LogP contribution in [0.15, 0.2) is 54.6 Å². The molecule has 2 aromatic rings. The Labute approximate surface area is 166 Å². The molecule has 0 saturated carbocycles. The normalized spacial score (nSPS) is 14.0. The highest BCUT2D eigenvalue weighted by Gasteiger charge is 2.24. The molecule has 0 amide bonds. The van der Waals surface area contributed by atoms with Crippen LogP contribution < -0.4 is 0 Å². The molecule has 0 spiro atoms. The molecule has 1 N–H and O–H groups in total. The van der Waals surface area contributed by atoms with Crippen molar-refractivity contribution in [1.29, 1.82) is 0 Å². The lowest BCUT2D eigenvalue weighted by molar-refractivity contribution is 0.0222. The van der Waals surface area contributed by atoms with Crippen LogP contribution in [-0.4, -0.2) is 38.4 Å². The molecule has 0 aliphatic rings. The molecule has 0 aliphatic heterocycles. The van der Waals surface area contributed by atoms with Crippen molar-refractivity contribution in [3.8, 4) is 11.8 Å². The molecule has 2 atom stereocenters. The Balaban J connectivity index is 1.84. The first-order valence-corrected chi connectivity index (χ1v) is 10.3. The Bertz CT molecular complexity index is 828. The minimum absolute atomic E-state index is 0.168. The molecule has 7 heteroatoms. The molecule has 0 bridgehead atoms. The fourth-order valence-corrected chi connectivity index (χ4v) is 3.02. The van der Waals surface area contributed by atoms with Crippen molar-refractivity contribution in [2.24, 2.45) is 0 Å². The van der Waals surface area contributed by atoms with E-state index in [0.717, 1.165) is 23.8 Å². The first-order chi connectivity index (χ1) is 13.5. The molecule has 0 saturated heterocycles. The zero-order chi connectivity index (χ0) is 20.2. The molecule has 6 nitrogen and oxygen atoms in total. The van der Waals surface area contributed by atoms with Crippen LogP contribution in [0.25, 0.3) is 0 Å². The van der Waals surface area contributed by atoms with Gasteiger partial charge in [0.05, 0.1) is 19.3 Å². The van der Waals surface area contributed by atoms with Gasteiger partial charge >= 0.3 is 7.82 Å². The van der Waals surface area contributed by atoms with Crippen LogP contribution >= 0.6 is 7.82 Å². The third-order valence-electron chi connectivity index (χ3n) is 3.77. The van der Waals surface area contributed by atoms with Gasteiger partial charge in [0.2, 0.25) is 0 Å². The summed E-state index contributed by atoms with van der Waals surface area (Å²) in [5.41, 5.74) is 2.87. The zero-order valence-corrected chi connectivity index (χ0v) is 16.9. The second-order valence-electron chi connectivity index (χ2n) is 5.99. The predicted octanol–water partition coefficient (Wildman–Crippen LogP) is 3.77. The van der Waals surface area contributed by atoms with Crippen LogP contribution in [0, 0.1) is 11.8 Å². The molecule has 2 aromatic carbocycles. The molecular weight excluding hydrogens is 379 g/mol. The van der Waals surface area contributed by atoms with Crippen molar-refractivity contribution in [2.75, 3.05) is 27.4 Å². The summed E-state index contributed by atoms with van der Waals surface area (Å²) in [5, 5.41) is 0. The number of phosphoric ester groups is 1. The van der Waals surface area contributed by atoms with Crippen molar-refractivity contribution in [3.63, 3.8) is 0 Å². The van der Waals surface area contributed by atoms with E-state index in [4.69, 9.17) is 14.0 Å². The van der Waals surface area contributed by atoms with E-state index < -0.39 is 13.9 Å². The molecule has 150 valence electrons. The minimum Gasteiger partial charge on any atom is -0.382 e. The Morgan fingerprint density at radius 2 is 1.75 bits per heavy atom. The average Bonchev–Trinajstić information content (AvgIpc) is 2.71. The molecule has 1 unspecified atom stereocenters. The van der Waals surface area contributed by atoms with E-state index in [1.165, 1.54) is 7.11 Å². The van der Waals surface area contributed by atoms with Gasteiger partial charge in [-0.3, -0.25) is 9.05 Å². The third-order valence-corrected chi connectivity index (χ3v) is 4.80. The molecule has 0 aliphatic carbocycles. The van der Waals surface area contributed by atoms with Crippen molar-refractivity contribution in [3.05, 3.63) is 71.3 Å². The van der Waals surface area contributed by atoms with Crippen LogP contribution in [0.4, 0.5) is 0 Å². The van der Waals surface area contributed by atoms with E-state index in [1.54, 1.807) is 0 Å². The SMILES string of the molecule is COC[C@H](CCOCc1cccc(C#Cc2ccccc2)c1)OP(=O)(O)OC. The lowest BCUT2D eigenvalue weighted by Gasteiger charge is -2.19. The topological polar surface area (TPSA) is 74.2 Å². The van der Waals surface area contributed by atoms with E-state index >= 15 is 0 Å². The van der Waals surface area contributed by atoms with E-state index in [0.29, 0.717) is 19.6 Å². The molecule has 0 radical (unpaired) electrons. The number of benzene rings is 2. The van der Waals surface area contributed by atoms with Crippen LogP contribution in [0.2, 0.25) is 0 Å². The monoisotopic (exact) mass is 404 g/mol. The van der Waals surface area contributed by atoms with Gasteiger partial charge in [-0.15, -0.1) is 0 Å². The zero-order valence-electron chi connectivity index (χ0n) is 16.0. The number of ether oxygens (including phenoxy) is 2. The van der Waals surface area contributed by atoms with Crippen molar-refractivity contribution < 1.29 is 28.0 Å². The number of methoxy groups -OCH3 is 1. The Kier molecular flexibility index (Phi) is 9.39. The van der Waals surface area contributed by atoms with E-state index in [1.807, 2.05) is 54.6 Å². The largest absolute Gasteiger partial charge is 0.472 e. The quantitative estimate of drug-likeness (QED) is 0.369. The Hall–Kier alpha value is -1.97. The summed E-state index contributed by atoms with van der Waals surface area (Å²) in [4.78, 5) is 9.42. The van der Waals surface area contributed by atoms with Gasteiger partial charge in [0, 0.05) is 32.0 Å². The van der Waals surface area contributed by atoms with Crippen molar-refractivity contribution in [1.82, 2.24) is 0 Å². The predicted molar refractivity (Wildman–Crippen MR) is 107 cm³/mol. The second kappa shape index (κ2) is 11.8. The molecule has 2 rings (SSSR count). The van der Waals surface area contributed by atoms with Gasteiger partial charge in [-0.05, 0) is 36.2 Å². The Morgan fingerprint density at radius 1 is 1.04 bits per heavy atom. The Morgan fingerprint density at radius 3 is 2.46 bits per heavy atom. The number of hydrogen-bond donors (Lipinski definition) is 1. The summed E-state index contributed by atoms with van der Waals surface area (Å²) in [6.45, 7) is 0.918. The first kappa shape index (κ1) is 22.3. The molecule has 0 fully saturated rings. The smallest absolute Gasteiger partial charge is 0.382 e. The van der Waals surface area contributed by atoms with Crippen LogP contribution in [0.3, 0.4) is 0 Å². The van der Waals surface area contributed by atoms with Crippen LogP contribution in [-0.2, 0) is 29.7 Å². The maximum atomic E-state index is 11.5.